The molecule has 0 fully saturated rings. The van der Waals surface area contributed by atoms with E-state index in [9.17, 15) is 4.39 Å². The molecule has 1 aromatic heterocycles. The standard InChI is InChI=1S/C13H12ClFN2O/c14-10-6-13(9-16-8-10)18-5-4-17-12-3-1-2-11(15)7-12/h1-3,6-9,17H,4-5H2. The van der Waals surface area contributed by atoms with E-state index in [-0.39, 0.29) is 5.82 Å². The molecule has 0 aliphatic heterocycles. The molecule has 1 aromatic carbocycles. The summed E-state index contributed by atoms with van der Waals surface area (Å²) in [6.07, 6.45) is 3.13. The van der Waals surface area contributed by atoms with Crippen LogP contribution in [0.2, 0.25) is 5.02 Å². The van der Waals surface area contributed by atoms with Crippen LogP contribution < -0.4 is 10.1 Å². The second-order valence-electron chi connectivity index (χ2n) is 3.62. The van der Waals surface area contributed by atoms with E-state index in [1.165, 1.54) is 12.1 Å². The van der Waals surface area contributed by atoms with E-state index in [1.807, 2.05) is 0 Å². The lowest BCUT2D eigenvalue weighted by atomic mass is 10.3. The first kappa shape index (κ1) is 12.6. The van der Waals surface area contributed by atoms with Crippen LogP contribution in [0.3, 0.4) is 0 Å². The number of ether oxygens (including phenoxy) is 1. The highest BCUT2D eigenvalue weighted by molar-refractivity contribution is 6.30. The molecule has 0 amide bonds. The van der Waals surface area contributed by atoms with Gasteiger partial charge in [-0.1, -0.05) is 17.7 Å². The molecule has 1 N–H and O–H groups in total. The molecule has 0 saturated heterocycles. The summed E-state index contributed by atoms with van der Waals surface area (Å²) >= 11 is 5.77. The van der Waals surface area contributed by atoms with Gasteiger partial charge in [-0.05, 0) is 18.2 Å². The van der Waals surface area contributed by atoms with Crippen LogP contribution in [-0.2, 0) is 0 Å². The SMILES string of the molecule is Fc1cccc(NCCOc2cncc(Cl)c2)c1. The number of nitrogens with zero attached hydrogens (tertiary/aromatic N) is 1. The number of hydrogen-bond donors (Lipinski definition) is 1. The van der Waals surface area contributed by atoms with Crippen LogP contribution in [-0.4, -0.2) is 18.1 Å². The lowest BCUT2D eigenvalue weighted by molar-refractivity contribution is 0.331. The maximum absolute atomic E-state index is 12.9. The summed E-state index contributed by atoms with van der Waals surface area (Å²) in [4.78, 5) is 3.91. The van der Waals surface area contributed by atoms with Gasteiger partial charge in [0, 0.05) is 24.5 Å². The van der Waals surface area contributed by atoms with Crippen LogP contribution in [0.1, 0.15) is 0 Å². The average molecular weight is 267 g/mol. The molecule has 94 valence electrons. The Morgan fingerprint density at radius 3 is 2.94 bits per heavy atom. The smallest absolute Gasteiger partial charge is 0.139 e. The number of anilines is 1. The van der Waals surface area contributed by atoms with Gasteiger partial charge in [-0.3, -0.25) is 4.98 Å². The first-order chi connectivity index (χ1) is 8.74. The van der Waals surface area contributed by atoms with E-state index in [2.05, 4.69) is 10.3 Å². The van der Waals surface area contributed by atoms with E-state index in [4.69, 9.17) is 16.3 Å². The van der Waals surface area contributed by atoms with Crippen molar-refractivity contribution in [1.29, 1.82) is 0 Å². The van der Waals surface area contributed by atoms with Crippen molar-refractivity contribution in [1.82, 2.24) is 4.98 Å². The second kappa shape index (κ2) is 6.21. The van der Waals surface area contributed by atoms with Gasteiger partial charge in [-0.25, -0.2) is 4.39 Å². The lowest BCUT2D eigenvalue weighted by Crippen LogP contribution is -2.11. The minimum atomic E-state index is -0.264. The Labute approximate surface area is 110 Å². The maximum Gasteiger partial charge on any atom is 0.139 e. The number of halogens is 2. The van der Waals surface area contributed by atoms with Crippen molar-refractivity contribution in [3.63, 3.8) is 0 Å². The number of rotatable bonds is 5. The van der Waals surface area contributed by atoms with Gasteiger partial charge in [0.1, 0.15) is 18.2 Å². The maximum atomic E-state index is 12.9. The molecule has 0 radical (unpaired) electrons. The molecule has 3 nitrogen and oxygen atoms in total. The topological polar surface area (TPSA) is 34.1 Å². The highest BCUT2D eigenvalue weighted by Crippen LogP contribution is 2.15. The second-order valence-corrected chi connectivity index (χ2v) is 4.06. The zero-order chi connectivity index (χ0) is 12.8. The van der Waals surface area contributed by atoms with E-state index in [1.54, 1.807) is 30.6 Å². The van der Waals surface area contributed by atoms with Gasteiger partial charge in [0.05, 0.1) is 11.2 Å². The Kier molecular flexibility index (Phi) is 4.36. The number of nitrogens with one attached hydrogen (secondary N) is 1. The zero-order valence-electron chi connectivity index (χ0n) is 9.57. The van der Waals surface area contributed by atoms with Crippen molar-refractivity contribution in [2.75, 3.05) is 18.5 Å². The van der Waals surface area contributed by atoms with Crippen LogP contribution in [0, 0.1) is 5.82 Å². The van der Waals surface area contributed by atoms with Crippen molar-refractivity contribution in [3.8, 4) is 5.75 Å². The number of pyridine rings is 1. The molecule has 0 atom stereocenters. The van der Waals surface area contributed by atoms with Gasteiger partial charge >= 0.3 is 0 Å². The molecule has 0 spiro atoms. The fourth-order valence-electron chi connectivity index (χ4n) is 1.43. The average Bonchev–Trinajstić information content (AvgIpc) is 2.35. The van der Waals surface area contributed by atoms with Gasteiger partial charge in [-0.2, -0.15) is 0 Å². The number of benzene rings is 1. The highest BCUT2D eigenvalue weighted by Gasteiger charge is 1.97. The molecule has 18 heavy (non-hydrogen) atoms. The Bertz CT molecular complexity index is 474. The Morgan fingerprint density at radius 2 is 2.17 bits per heavy atom. The minimum Gasteiger partial charge on any atom is -0.490 e. The molecular formula is C13H12ClFN2O. The quantitative estimate of drug-likeness (QED) is 0.843. The fourth-order valence-corrected chi connectivity index (χ4v) is 1.60. The van der Waals surface area contributed by atoms with Crippen molar-refractivity contribution < 1.29 is 9.13 Å². The summed E-state index contributed by atoms with van der Waals surface area (Å²) in [5, 5.41) is 3.58. The largest absolute Gasteiger partial charge is 0.490 e. The molecule has 0 aliphatic rings. The first-order valence-corrected chi connectivity index (χ1v) is 5.84. The van der Waals surface area contributed by atoms with Gasteiger partial charge < -0.3 is 10.1 Å². The summed E-state index contributed by atoms with van der Waals surface area (Å²) in [6, 6.07) is 7.97. The van der Waals surface area contributed by atoms with Crippen LogP contribution in [0.4, 0.5) is 10.1 Å². The molecule has 2 aromatic rings. The van der Waals surface area contributed by atoms with Crippen molar-refractivity contribution in [2.45, 2.75) is 0 Å². The first-order valence-electron chi connectivity index (χ1n) is 5.47. The molecule has 1 heterocycles. The van der Waals surface area contributed by atoms with Gasteiger partial charge in [0.2, 0.25) is 0 Å². The molecule has 5 heteroatoms. The monoisotopic (exact) mass is 266 g/mol. The van der Waals surface area contributed by atoms with Gasteiger partial charge in [-0.15, -0.1) is 0 Å². The fraction of sp³-hybridized carbons (Fsp3) is 0.154. The molecule has 0 bridgehead atoms. The van der Waals surface area contributed by atoms with E-state index >= 15 is 0 Å². The summed E-state index contributed by atoms with van der Waals surface area (Å²) < 4.78 is 18.3. The van der Waals surface area contributed by atoms with E-state index in [0.29, 0.717) is 23.9 Å². The van der Waals surface area contributed by atoms with Crippen LogP contribution in [0.15, 0.2) is 42.7 Å². The Hall–Kier alpha value is -1.81. The number of hydrogen-bond acceptors (Lipinski definition) is 3. The summed E-state index contributed by atoms with van der Waals surface area (Å²) in [7, 11) is 0. The summed E-state index contributed by atoms with van der Waals surface area (Å²) in [5.74, 6) is 0.350. The summed E-state index contributed by atoms with van der Waals surface area (Å²) in [5.41, 5.74) is 0.725. The van der Waals surface area contributed by atoms with Crippen LogP contribution >= 0.6 is 11.6 Å². The third-order valence-corrected chi connectivity index (χ3v) is 2.41. The molecule has 0 unspecified atom stereocenters. The zero-order valence-corrected chi connectivity index (χ0v) is 10.3. The predicted octanol–water partition coefficient (Wildman–Crippen LogP) is 3.37. The Balaban J connectivity index is 1.76. The van der Waals surface area contributed by atoms with Crippen LogP contribution in [0.25, 0.3) is 0 Å². The highest BCUT2D eigenvalue weighted by atomic mass is 35.5. The van der Waals surface area contributed by atoms with E-state index < -0.39 is 0 Å². The molecule has 0 saturated carbocycles. The van der Waals surface area contributed by atoms with Crippen LogP contribution in [0.5, 0.6) is 5.75 Å². The molecule has 2 rings (SSSR count). The Morgan fingerprint density at radius 1 is 1.28 bits per heavy atom. The predicted molar refractivity (Wildman–Crippen MR) is 69.6 cm³/mol. The van der Waals surface area contributed by atoms with Crippen molar-refractivity contribution >= 4 is 17.3 Å². The number of aromatic nitrogens is 1. The van der Waals surface area contributed by atoms with Gasteiger partial charge in [0.15, 0.2) is 0 Å². The van der Waals surface area contributed by atoms with Gasteiger partial charge in [0.25, 0.3) is 0 Å². The van der Waals surface area contributed by atoms with Crippen molar-refractivity contribution in [3.05, 3.63) is 53.6 Å². The molecule has 0 aliphatic carbocycles. The normalized spacial score (nSPS) is 10.1. The van der Waals surface area contributed by atoms with E-state index in [0.717, 1.165) is 5.69 Å². The third-order valence-electron chi connectivity index (χ3n) is 2.20. The summed E-state index contributed by atoms with van der Waals surface area (Å²) in [6.45, 7) is 1.01. The third kappa shape index (κ3) is 3.89. The van der Waals surface area contributed by atoms with Crippen molar-refractivity contribution in [2.24, 2.45) is 0 Å². The minimum absolute atomic E-state index is 0.264. The molecular weight excluding hydrogens is 255 g/mol. The lowest BCUT2D eigenvalue weighted by Gasteiger charge is -2.08.